The molecule has 1 aromatic carbocycles. The van der Waals surface area contributed by atoms with E-state index in [9.17, 15) is 0 Å². The standard InChI is InChI=1S/C20H24N6/c1-21-20(24-15-11-18-5-2-3-12-22-18)23-14-10-17-6-8-19(9-7-17)26-16-4-13-25-26/h2-9,12-13,16H,10-11,14-15H2,1H3,(H2,21,23,24). The third-order valence-electron chi connectivity index (χ3n) is 4.03. The Kier molecular flexibility index (Phi) is 6.36. The summed E-state index contributed by atoms with van der Waals surface area (Å²) in [4.78, 5) is 8.58. The summed E-state index contributed by atoms with van der Waals surface area (Å²) in [5.41, 5.74) is 3.42. The molecule has 0 unspecified atom stereocenters. The van der Waals surface area contributed by atoms with Gasteiger partial charge >= 0.3 is 0 Å². The monoisotopic (exact) mass is 348 g/mol. The van der Waals surface area contributed by atoms with Crippen LogP contribution < -0.4 is 10.6 Å². The van der Waals surface area contributed by atoms with Gasteiger partial charge in [-0.25, -0.2) is 4.68 Å². The van der Waals surface area contributed by atoms with E-state index in [1.807, 2.05) is 41.3 Å². The average molecular weight is 348 g/mol. The first-order chi connectivity index (χ1) is 12.8. The van der Waals surface area contributed by atoms with Gasteiger partial charge < -0.3 is 10.6 Å². The maximum Gasteiger partial charge on any atom is 0.190 e. The van der Waals surface area contributed by atoms with E-state index in [4.69, 9.17) is 0 Å². The van der Waals surface area contributed by atoms with Crippen molar-refractivity contribution >= 4 is 5.96 Å². The highest BCUT2D eigenvalue weighted by molar-refractivity contribution is 5.79. The van der Waals surface area contributed by atoms with Crippen molar-refractivity contribution in [2.45, 2.75) is 12.8 Å². The van der Waals surface area contributed by atoms with Crippen LogP contribution in [0.3, 0.4) is 0 Å². The van der Waals surface area contributed by atoms with Gasteiger partial charge in [0.05, 0.1) is 5.69 Å². The summed E-state index contributed by atoms with van der Waals surface area (Å²) in [7, 11) is 1.79. The quantitative estimate of drug-likeness (QED) is 0.507. The van der Waals surface area contributed by atoms with E-state index < -0.39 is 0 Å². The molecule has 3 rings (SSSR count). The predicted molar refractivity (Wildman–Crippen MR) is 105 cm³/mol. The number of guanidine groups is 1. The largest absolute Gasteiger partial charge is 0.356 e. The van der Waals surface area contributed by atoms with Crippen LogP contribution in [-0.4, -0.2) is 40.9 Å². The molecule has 2 heterocycles. The Morgan fingerprint density at radius 2 is 1.77 bits per heavy atom. The molecule has 0 saturated carbocycles. The number of hydrogen-bond donors (Lipinski definition) is 2. The summed E-state index contributed by atoms with van der Waals surface area (Å²) in [6, 6.07) is 16.3. The molecule has 0 bridgehead atoms. The van der Waals surface area contributed by atoms with E-state index in [0.717, 1.165) is 43.3 Å². The van der Waals surface area contributed by atoms with Crippen molar-refractivity contribution in [3.63, 3.8) is 0 Å². The lowest BCUT2D eigenvalue weighted by Crippen LogP contribution is -2.39. The van der Waals surface area contributed by atoms with Crippen molar-refractivity contribution < 1.29 is 0 Å². The molecule has 0 aliphatic heterocycles. The third-order valence-corrected chi connectivity index (χ3v) is 4.03. The van der Waals surface area contributed by atoms with E-state index >= 15 is 0 Å². The highest BCUT2D eigenvalue weighted by atomic mass is 15.3. The zero-order chi connectivity index (χ0) is 18.0. The molecule has 3 aromatic rings. The third kappa shape index (κ3) is 5.17. The molecule has 26 heavy (non-hydrogen) atoms. The summed E-state index contributed by atoms with van der Waals surface area (Å²) < 4.78 is 1.86. The number of nitrogens with zero attached hydrogens (tertiary/aromatic N) is 4. The Morgan fingerprint density at radius 1 is 0.962 bits per heavy atom. The van der Waals surface area contributed by atoms with Crippen LogP contribution in [-0.2, 0) is 12.8 Å². The van der Waals surface area contributed by atoms with Crippen LogP contribution in [0.15, 0.2) is 72.1 Å². The average Bonchev–Trinajstić information content (AvgIpc) is 3.23. The normalized spacial score (nSPS) is 11.3. The molecule has 0 fully saturated rings. The lowest BCUT2D eigenvalue weighted by atomic mass is 10.1. The van der Waals surface area contributed by atoms with Gasteiger partial charge in [-0.2, -0.15) is 5.10 Å². The van der Waals surface area contributed by atoms with E-state index in [1.54, 1.807) is 13.2 Å². The summed E-state index contributed by atoms with van der Waals surface area (Å²) in [6.07, 6.45) is 7.35. The Morgan fingerprint density at radius 3 is 2.42 bits per heavy atom. The van der Waals surface area contributed by atoms with Crippen LogP contribution in [0.2, 0.25) is 0 Å². The van der Waals surface area contributed by atoms with Gasteiger partial charge in [0, 0.05) is 50.8 Å². The minimum absolute atomic E-state index is 0.801. The molecule has 6 heteroatoms. The lowest BCUT2D eigenvalue weighted by molar-refractivity contribution is 0.776. The molecule has 0 spiro atoms. The van der Waals surface area contributed by atoms with Gasteiger partial charge in [0.15, 0.2) is 5.96 Å². The molecule has 0 aliphatic carbocycles. The van der Waals surface area contributed by atoms with Crippen LogP contribution in [0, 0.1) is 0 Å². The van der Waals surface area contributed by atoms with Crippen molar-refractivity contribution in [2.24, 2.45) is 4.99 Å². The molecule has 2 aromatic heterocycles. The fourth-order valence-corrected chi connectivity index (χ4v) is 2.64. The van der Waals surface area contributed by atoms with Crippen molar-refractivity contribution in [3.8, 4) is 5.69 Å². The van der Waals surface area contributed by atoms with Gasteiger partial charge in [-0.05, 0) is 42.3 Å². The summed E-state index contributed by atoms with van der Waals surface area (Å²) in [5, 5.41) is 10.9. The van der Waals surface area contributed by atoms with Crippen molar-refractivity contribution in [2.75, 3.05) is 20.1 Å². The van der Waals surface area contributed by atoms with Crippen molar-refractivity contribution in [1.29, 1.82) is 0 Å². The minimum atomic E-state index is 0.801. The molecular formula is C20H24N6. The van der Waals surface area contributed by atoms with Crippen molar-refractivity contribution in [3.05, 3.63) is 78.4 Å². The van der Waals surface area contributed by atoms with E-state index in [0.29, 0.717) is 0 Å². The molecule has 0 saturated heterocycles. The molecule has 0 aliphatic rings. The Bertz CT molecular complexity index is 794. The van der Waals surface area contributed by atoms with E-state index in [-0.39, 0.29) is 0 Å². The first kappa shape index (κ1) is 17.7. The first-order valence-corrected chi connectivity index (χ1v) is 8.78. The van der Waals surface area contributed by atoms with Crippen LogP contribution >= 0.6 is 0 Å². The molecule has 6 nitrogen and oxygen atoms in total. The minimum Gasteiger partial charge on any atom is -0.356 e. The summed E-state index contributed by atoms with van der Waals surface area (Å²) >= 11 is 0. The fraction of sp³-hybridized carbons (Fsp3) is 0.250. The molecular weight excluding hydrogens is 324 g/mol. The maximum atomic E-state index is 4.32. The molecule has 2 N–H and O–H groups in total. The van der Waals surface area contributed by atoms with Gasteiger partial charge in [-0.3, -0.25) is 9.98 Å². The zero-order valence-corrected chi connectivity index (χ0v) is 15.0. The number of benzene rings is 1. The maximum absolute atomic E-state index is 4.32. The Labute approximate surface area is 154 Å². The van der Waals surface area contributed by atoms with E-state index in [1.165, 1.54) is 5.56 Å². The number of aliphatic imine (C=N–C) groups is 1. The smallest absolute Gasteiger partial charge is 0.190 e. The lowest BCUT2D eigenvalue weighted by Gasteiger charge is -2.12. The molecule has 0 radical (unpaired) electrons. The second-order valence-corrected chi connectivity index (χ2v) is 5.86. The Hall–Kier alpha value is -3.15. The molecule has 0 amide bonds. The van der Waals surface area contributed by atoms with Crippen LogP contribution in [0.5, 0.6) is 0 Å². The number of rotatable bonds is 7. The number of aromatic nitrogens is 3. The second kappa shape index (κ2) is 9.36. The first-order valence-electron chi connectivity index (χ1n) is 8.78. The van der Waals surface area contributed by atoms with Crippen LogP contribution in [0.1, 0.15) is 11.3 Å². The Balaban J connectivity index is 1.40. The highest BCUT2D eigenvalue weighted by Gasteiger charge is 2.00. The summed E-state index contributed by atoms with van der Waals surface area (Å²) in [6.45, 7) is 1.62. The zero-order valence-electron chi connectivity index (χ0n) is 15.0. The summed E-state index contributed by atoms with van der Waals surface area (Å²) in [5.74, 6) is 0.814. The van der Waals surface area contributed by atoms with Gasteiger partial charge in [-0.1, -0.05) is 18.2 Å². The number of pyridine rings is 1. The van der Waals surface area contributed by atoms with Crippen LogP contribution in [0.4, 0.5) is 0 Å². The van der Waals surface area contributed by atoms with Gasteiger partial charge in [-0.15, -0.1) is 0 Å². The second-order valence-electron chi connectivity index (χ2n) is 5.86. The SMILES string of the molecule is CN=C(NCCc1ccc(-n2cccn2)cc1)NCCc1ccccn1. The van der Waals surface area contributed by atoms with E-state index in [2.05, 4.69) is 50.0 Å². The highest BCUT2D eigenvalue weighted by Crippen LogP contribution is 2.08. The van der Waals surface area contributed by atoms with Gasteiger partial charge in [0.2, 0.25) is 0 Å². The number of hydrogen-bond acceptors (Lipinski definition) is 3. The van der Waals surface area contributed by atoms with Crippen LogP contribution in [0.25, 0.3) is 5.69 Å². The molecule has 134 valence electrons. The molecule has 0 atom stereocenters. The predicted octanol–water partition coefficient (Wildman–Crippen LogP) is 2.22. The van der Waals surface area contributed by atoms with Crippen molar-refractivity contribution in [1.82, 2.24) is 25.4 Å². The van der Waals surface area contributed by atoms with Gasteiger partial charge in [0.25, 0.3) is 0 Å². The van der Waals surface area contributed by atoms with Gasteiger partial charge in [0.1, 0.15) is 0 Å². The topological polar surface area (TPSA) is 67.1 Å². The fourth-order valence-electron chi connectivity index (χ4n) is 2.64. The number of nitrogens with one attached hydrogen (secondary N) is 2.